The van der Waals surface area contributed by atoms with Crippen LogP contribution in [0.15, 0.2) is 59.7 Å². The van der Waals surface area contributed by atoms with Crippen LogP contribution < -0.4 is 32.7 Å². The molecule has 356 valence electrons. The van der Waals surface area contributed by atoms with Gasteiger partial charge in [-0.1, -0.05) is 107 Å². The van der Waals surface area contributed by atoms with Gasteiger partial charge in [0.25, 0.3) is 0 Å². The minimum absolute atomic E-state index is 0.00734. The van der Waals surface area contributed by atoms with Gasteiger partial charge in [0, 0.05) is 42.6 Å². The van der Waals surface area contributed by atoms with Crippen molar-refractivity contribution >= 4 is 63.1 Å². The van der Waals surface area contributed by atoms with Gasteiger partial charge in [-0.05, 0) is 61.1 Å². The van der Waals surface area contributed by atoms with E-state index in [4.69, 9.17) is 26.1 Å². The Labute approximate surface area is 384 Å². The number of nitrogens with one attached hydrogen (secondary N) is 5. The summed E-state index contributed by atoms with van der Waals surface area (Å²) < 4.78 is 2.19. The first-order valence-corrected chi connectivity index (χ1v) is 22.6. The standard InChI is InChI=1S/C46H64N12O8/c1-6-7-23-36-53-40-41(58(36)26-30-17-9-8-10-18-30)31-19-11-12-20-32(31)51-43(40)55-57-66-46(65)39(29(4)5)54-44(63)33(21-13-14-22-35(47)60)52-45(64)38(28(2)3)42(62)34(27-59)50-37(61)24-15-16-25-49-56-48/h8-12,17-20,28-29,33-34,38-39,57,59H,6-7,13-16,21-27H2,1-5H3,(H2,47,60)(H,50,61)(H,51,55)(H,52,64)(H,54,63). The molecule has 0 fully saturated rings. The lowest BCUT2D eigenvalue weighted by Crippen LogP contribution is -2.57. The third-order valence-corrected chi connectivity index (χ3v) is 11.0. The number of hydrazine groups is 1. The van der Waals surface area contributed by atoms with E-state index in [1.165, 1.54) is 0 Å². The minimum Gasteiger partial charge on any atom is -0.394 e. The molecule has 20 nitrogen and oxygen atoms in total. The monoisotopic (exact) mass is 912 g/mol. The van der Waals surface area contributed by atoms with Gasteiger partial charge in [-0.2, -0.15) is 0 Å². The molecule has 0 radical (unpaired) electrons. The molecule has 0 aliphatic carbocycles. The van der Waals surface area contributed by atoms with Crippen molar-refractivity contribution < 1.29 is 38.7 Å². The average Bonchev–Trinajstić information content (AvgIpc) is 3.65. The number of primary amides is 1. The SMILES string of the molecule is CCCCc1nc2c(NNOC(=O)C(NC(=O)C(CCCCC(N)=O)NC(=O)C(C(=O)C(CO)NC(=O)CCCCN=[N+]=[N-])C(C)C)C(C)C)nc3ccccc3c2n1Cc1ccccc1. The third-order valence-electron chi connectivity index (χ3n) is 11.0. The summed E-state index contributed by atoms with van der Waals surface area (Å²) in [6, 6.07) is 13.9. The van der Waals surface area contributed by atoms with Gasteiger partial charge in [0.15, 0.2) is 11.6 Å². The zero-order valence-electron chi connectivity index (χ0n) is 38.4. The van der Waals surface area contributed by atoms with E-state index >= 15 is 0 Å². The highest BCUT2D eigenvalue weighted by Gasteiger charge is 2.38. The van der Waals surface area contributed by atoms with E-state index in [9.17, 15) is 33.9 Å². The third kappa shape index (κ3) is 15.0. The van der Waals surface area contributed by atoms with Crippen LogP contribution in [0.5, 0.6) is 0 Å². The molecule has 20 heteroatoms. The van der Waals surface area contributed by atoms with Crippen molar-refractivity contribution in [3.05, 3.63) is 76.4 Å². The number of para-hydroxylation sites is 1. The number of anilines is 1. The number of hydrogen-bond acceptors (Lipinski definition) is 13. The normalized spacial score (nSPS) is 13.1. The first-order chi connectivity index (χ1) is 31.7. The molecule has 2 heterocycles. The molecule has 2 aromatic carbocycles. The Kier molecular flexibility index (Phi) is 20.8. The number of Topliss-reactive ketones (excluding diaryl/α,β-unsaturated/α-hetero) is 1. The number of benzene rings is 2. The smallest absolute Gasteiger partial charge is 0.349 e. The molecule has 0 spiro atoms. The molecule has 0 aliphatic rings. The Bertz CT molecular complexity index is 2330. The van der Waals surface area contributed by atoms with E-state index in [1.54, 1.807) is 27.7 Å². The lowest BCUT2D eigenvalue weighted by molar-refractivity contribution is -0.155. The molecule has 0 saturated carbocycles. The van der Waals surface area contributed by atoms with Crippen LogP contribution in [0, 0.1) is 17.8 Å². The molecule has 4 atom stereocenters. The van der Waals surface area contributed by atoms with Crippen molar-refractivity contribution in [2.24, 2.45) is 28.6 Å². The second-order valence-corrected chi connectivity index (χ2v) is 16.9. The second-order valence-electron chi connectivity index (χ2n) is 16.9. The van der Waals surface area contributed by atoms with E-state index in [0.717, 1.165) is 41.6 Å². The summed E-state index contributed by atoms with van der Waals surface area (Å²) in [4.78, 5) is 97.4. The van der Waals surface area contributed by atoms with Crippen molar-refractivity contribution in [3.63, 3.8) is 0 Å². The molecule has 2 aromatic heterocycles. The van der Waals surface area contributed by atoms with Crippen LogP contribution in [-0.2, 0) is 46.6 Å². The lowest BCUT2D eigenvalue weighted by atomic mass is 9.86. The molecule has 4 amide bonds. The number of carbonyl (C=O) groups excluding carboxylic acids is 6. The van der Waals surface area contributed by atoms with E-state index in [2.05, 4.69) is 60.6 Å². The molecule has 4 aromatic rings. The zero-order chi connectivity index (χ0) is 48.2. The first kappa shape index (κ1) is 52.0. The Balaban J connectivity index is 1.51. The summed E-state index contributed by atoms with van der Waals surface area (Å²) >= 11 is 0. The number of unbranched alkanes of at least 4 members (excludes halogenated alkanes) is 3. The fourth-order valence-corrected chi connectivity index (χ4v) is 7.51. The molecule has 4 rings (SSSR count). The summed E-state index contributed by atoms with van der Waals surface area (Å²) in [5, 5.41) is 22.2. The highest BCUT2D eigenvalue weighted by molar-refractivity contribution is 6.07. The molecule has 0 bridgehead atoms. The van der Waals surface area contributed by atoms with Crippen LogP contribution in [0.25, 0.3) is 32.4 Å². The molecular weight excluding hydrogens is 849 g/mol. The number of ketones is 1. The van der Waals surface area contributed by atoms with E-state index in [1.807, 2.05) is 42.5 Å². The predicted molar refractivity (Wildman–Crippen MR) is 249 cm³/mol. The van der Waals surface area contributed by atoms with Crippen molar-refractivity contribution in [3.8, 4) is 0 Å². The maximum atomic E-state index is 14.0. The number of hydrogen-bond donors (Lipinski definition) is 7. The number of imidazole rings is 1. The number of aliphatic hydroxyl groups is 1. The topological polar surface area (TPSA) is 298 Å². The lowest BCUT2D eigenvalue weighted by Gasteiger charge is -2.28. The Morgan fingerprint density at radius 3 is 2.23 bits per heavy atom. The van der Waals surface area contributed by atoms with E-state index < -0.39 is 77.9 Å². The number of nitrogens with two attached hydrogens (primary N) is 1. The zero-order valence-corrected chi connectivity index (χ0v) is 38.4. The van der Waals surface area contributed by atoms with Gasteiger partial charge >= 0.3 is 5.97 Å². The molecule has 0 saturated heterocycles. The summed E-state index contributed by atoms with van der Waals surface area (Å²) in [5.41, 5.74) is 22.4. The first-order valence-electron chi connectivity index (χ1n) is 22.6. The molecule has 0 aliphatic heterocycles. The second kappa shape index (κ2) is 26.4. The van der Waals surface area contributed by atoms with Crippen molar-refractivity contribution in [2.75, 3.05) is 18.6 Å². The maximum Gasteiger partial charge on any atom is 0.349 e. The van der Waals surface area contributed by atoms with Gasteiger partial charge in [0.1, 0.15) is 35.4 Å². The van der Waals surface area contributed by atoms with Crippen molar-refractivity contribution in [1.29, 1.82) is 0 Å². The predicted octanol–water partition coefficient (Wildman–Crippen LogP) is 4.82. The highest BCUT2D eigenvalue weighted by Crippen LogP contribution is 2.31. The number of azide groups is 1. The highest BCUT2D eigenvalue weighted by atomic mass is 16.7. The molecule has 4 unspecified atom stereocenters. The number of fused-ring (bicyclic) bond motifs is 3. The quantitative estimate of drug-likeness (QED) is 0.00964. The molecule has 8 N–H and O–H groups in total. The van der Waals surface area contributed by atoms with Gasteiger partial charge in [0.05, 0.1) is 17.6 Å². The summed E-state index contributed by atoms with van der Waals surface area (Å²) in [6.07, 6.45) is 4.04. The largest absolute Gasteiger partial charge is 0.394 e. The summed E-state index contributed by atoms with van der Waals surface area (Å²) in [5.74, 6) is -5.63. The number of nitrogens with zero attached hydrogens (tertiary/aromatic N) is 6. The number of aryl methyl sites for hydroxylation is 1. The van der Waals surface area contributed by atoms with Gasteiger partial charge in [-0.25, -0.2) is 14.8 Å². The number of amides is 4. The Morgan fingerprint density at radius 1 is 0.848 bits per heavy atom. The van der Waals surface area contributed by atoms with E-state index in [-0.39, 0.29) is 32.2 Å². The molecule has 66 heavy (non-hydrogen) atoms. The summed E-state index contributed by atoms with van der Waals surface area (Å²) in [6.45, 7) is 8.73. The van der Waals surface area contributed by atoms with Crippen LogP contribution in [0.2, 0.25) is 0 Å². The van der Waals surface area contributed by atoms with Gasteiger partial charge in [-0.15, -0.1) is 0 Å². The Morgan fingerprint density at radius 2 is 1.56 bits per heavy atom. The average molecular weight is 913 g/mol. The van der Waals surface area contributed by atoms with Crippen LogP contribution in [0.3, 0.4) is 0 Å². The minimum atomic E-state index is -1.41. The number of aromatic nitrogens is 3. The number of aliphatic hydroxyl groups excluding tert-OH is 1. The van der Waals surface area contributed by atoms with Crippen molar-refractivity contribution in [2.45, 2.75) is 123 Å². The Hall–Kier alpha value is -6.63. The number of pyridine rings is 1. The number of rotatable bonds is 29. The van der Waals surface area contributed by atoms with Crippen LogP contribution >= 0.6 is 0 Å². The van der Waals surface area contributed by atoms with Gasteiger partial charge in [-0.3, -0.25) is 29.4 Å². The fourth-order valence-electron chi connectivity index (χ4n) is 7.51. The molecular formula is C46H64N12O8. The fraction of sp³-hybridized carbons (Fsp3) is 0.522. The number of carbonyl (C=O) groups is 6. The summed E-state index contributed by atoms with van der Waals surface area (Å²) in [7, 11) is 0. The van der Waals surface area contributed by atoms with Crippen LogP contribution in [0.4, 0.5) is 5.82 Å². The van der Waals surface area contributed by atoms with Gasteiger partial charge in [0.2, 0.25) is 23.6 Å². The van der Waals surface area contributed by atoms with Crippen LogP contribution in [-0.4, -0.2) is 86.3 Å². The van der Waals surface area contributed by atoms with Gasteiger partial charge < -0.3 is 36.2 Å². The van der Waals surface area contributed by atoms with Crippen molar-refractivity contribution in [1.82, 2.24) is 36.1 Å². The van der Waals surface area contributed by atoms with Crippen LogP contribution in [0.1, 0.15) is 104 Å². The van der Waals surface area contributed by atoms with E-state index in [0.29, 0.717) is 42.7 Å². The maximum absolute atomic E-state index is 14.0.